The quantitative estimate of drug-likeness (QED) is 0.797. The molecule has 0 aliphatic heterocycles. The van der Waals surface area contributed by atoms with E-state index in [-0.39, 0.29) is 17.9 Å². The number of carbonyl (C=O) groups is 1. The van der Waals surface area contributed by atoms with Crippen LogP contribution in [0, 0.1) is 30.0 Å². The molecular weight excluding hydrogens is 255 g/mol. The fraction of sp³-hybridized carbons (Fsp3) is 0.500. The normalized spacial score (nSPS) is 10.4. The van der Waals surface area contributed by atoms with E-state index in [1.165, 1.54) is 6.07 Å². The Morgan fingerprint density at radius 3 is 2.70 bits per heavy atom. The highest BCUT2D eigenvalue weighted by Crippen LogP contribution is 2.14. The Balaban J connectivity index is 2.91. The van der Waals surface area contributed by atoms with E-state index < -0.39 is 5.82 Å². The number of carbonyl (C=O) groups excluding carboxylic acids is 1. The van der Waals surface area contributed by atoms with Crippen molar-refractivity contribution in [1.29, 1.82) is 5.26 Å². The summed E-state index contributed by atoms with van der Waals surface area (Å²) in [7, 11) is 0. The molecule has 108 valence electrons. The van der Waals surface area contributed by atoms with Gasteiger partial charge in [-0.05, 0) is 31.4 Å². The molecule has 0 spiro atoms. The van der Waals surface area contributed by atoms with Gasteiger partial charge in [-0.3, -0.25) is 4.79 Å². The second kappa shape index (κ2) is 7.64. The lowest BCUT2D eigenvalue weighted by Gasteiger charge is -2.23. The van der Waals surface area contributed by atoms with Crippen LogP contribution in [0.25, 0.3) is 0 Å². The van der Waals surface area contributed by atoms with E-state index >= 15 is 0 Å². The lowest BCUT2D eigenvalue weighted by atomic mass is 10.1. The minimum Gasteiger partial charge on any atom is -0.338 e. The van der Waals surface area contributed by atoms with Crippen LogP contribution in [0.2, 0.25) is 0 Å². The number of rotatable bonds is 6. The first kappa shape index (κ1) is 16.2. The zero-order chi connectivity index (χ0) is 15.1. The molecule has 0 saturated heterocycles. The second-order valence-electron chi connectivity index (χ2n) is 5.37. The van der Waals surface area contributed by atoms with Crippen molar-refractivity contribution in [3.8, 4) is 6.07 Å². The van der Waals surface area contributed by atoms with Gasteiger partial charge in [0.25, 0.3) is 5.91 Å². The molecule has 1 rings (SSSR count). The van der Waals surface area contributed by atoms with Crippen LogP contribution in [0.3, 0.4) is 0 Å². The van der Waals surface area contributed by atoms with E-state index in [2.05, 4.69) is 13.8 Å². The Bertz CT molecular complexity index is 506. The van der Waals surface area contributed by atoms with Gasteiger partial charge in [-0.15, -0.1) is 0 Å². The van der Waals surface area contributed by atoms with Gasteiger partial charge in [-0.1, -0.05) is 25.5 Å². The number of nitriles is 1. The Kier molecular flexibility index (Phi) is 6.17. The first-order valence-corrected chi connectivity index (χ1v) is 6.88. The van der Waals surface area contributed by atoms with Crippen molar-refractivity contribution in [3.05, 3.63) is 35.1 Å². The van der Waals surface area contributed by atoms with E-state index in [0.717, 1.165) is 12.0 Å². The fourth-order valence-electron chi connectivity index (χ4n) is 1.89. The molecule has 20 heavy (non-hydrogen) atoms. The molecule has 0 unspecified atom stereocenters. The molecule has 1 aromatic rings. The molecule has 0 bridgehead atoms. The van der Waals surface area contributed by atoms with Crippen LogP contribution in [-0.4, -0.2) is 23.9 Å². The lowest BCUT2D eigenvalue weighted by Crippen LogP contribution is -2.34. The summed E-state index contributed by atoms with van der Waals surface area (Å²) in [5, 5.41) is 8.68. The summed E-state index contributed by atoms with van der Waals surface area (Å²) in [5.41, 5.74) is 0.936. The van der Waals surface area contributed by atoms with E-state index in [1.54, 1.807) is 17.0 Å². The smallest absolute Gasteiger partial charge is 0.256 e. The molecule has 0 fully saturated rings. The number of amides is 1. The number of hydrogen-bond donors (Lipinski definition) is 0. The van der Waals surface area contributed by atoms with Crippen molar-refractivity contribution in [2.45, 2.75) is 33.6 Å². The number of benzene rings is 1. The maximum Gasteiger partial charge on any atom is 0.256 e. The van der Waals surface area contributed by atoms with Gasteiger partial charge in [0.1, 0.15) is 5.82 Å². The Morgan fingerprint density at radius 2 is 2.10 bits per heavy atom. The van der Waals surface area contributed by atoms with E-state index in [0.29, 0.717) is 19.0 Å². The SMILES string of the molecule is Cc1ccc(F)c(C(=O)N(CCC#N)CCC(C)C)c1. The number of hydrogen-bond acceptors (Lipinski definition) is 2. The first-order valence-electron chi connectivity index (χ1n) is 6.88. The Morgan fingerprint density at radius 1 is 1.40 bits per heavy atom. The summed E-state index contributed by atoms with van der Waals surface area (Å²) in [6.07, 6.45) is 1.10. The average Bonchev–Trinajstić information content (AvgIpc) is 2.40. The summed E-state index contributed by atoms with van der Waals surface area (Å²) < 4.78 is 13.8. The van der Waals surface area contributed by atoms with Crippen molar-refractivity contribution >= 4 is 5.91 Å². The van der Waals surface area contributed by atoms with E-state index in [9.17, 15) is 9.18 Å². The van der Waals surface area contributed by atoms with Crippen LogP contribution >= 0.6 is 0 Å². The van der Waals surface area contributed by atoms with Gasteiger partial charge in [-0.25, -0.2) is 4.39 Å². The largest absolute Gasteiger partial charge is 0.338 e. The zero-order valence-electron chi connectivity index (χ0n) is 12.3. The molecule has 0 atom stereocenters. The molecule has 0 aliphatic rings. The zero-order valence-corrected chi connectivity index (χ0v) is 12.3. The van der Waals surface area contributed by atoms with E-state index in [4.69, 9.17) is 5.26 Å². The minimum absolute atomic E-state index is 0.0895. The van der Waals surface area contributed by atoms with Crippen LogP contribution in [0.4, 0.5) is 4.39 Å². The molecule has 1 aromatic carbocycles. The average molecular weight is 276 g/mol. The van der Waals surface area contributed by atoms with Crippen LogP contribution in [0.5, 0.6) is 0 Å². The molecule has 0 N–H and O–H groups in total. The number of aryl methyl sites for hydroxylation is 1. The molecule has 4 heteroatoms. The van der Waals surface area contributed by atoms with Gasteiger partial charge in [0, 0.05) is 13.1 Å². The third-order valence-corrected chi connectivity index (χ3v) is 3.11. The second-order valence-corrected chi connectivity index (χ2v) is 5.37. The van der Waals surface area contributed by atoms with Gasteiger partial charge < -0.3 is 4.90 Å². The summed E-state index contributed by atoms with van der Waals surface area (Å²) in [5.74, 6) is -0.385. The maximum atomic E-state index is 13.8. The highest BCUT2D eigenvalue weighted by atomic mass is 19.1. The Hall–Kier alpha value is -1.89. The predicted octanol–water partition coefficient (Wildman–Crippen LogP) is 3.54. The highest BCUT2D eigenvalue weighted by Gasteiger charge is 2.19. The van der Waals surface area contributed by atoms with Crippen molar-refractivity contribution in [2.24, 2.45) is 5.92 Å². The molecule has 1 amide bonds. The van der Waals surface area contributed by atoms with E-state index in [1.807, 2.05) is 13.0 Å². The van der Waals surface area contributed by atoms with Crippen LogP contribution < -0.4 is 0 Å². The molecule has 0 aliphatic carbocycles. The van der Waals surface area contributed by atoms with Crippen molar-refractivity contribution in [1.82, 2.24) is 4.90 Å². The van der Waals surface area contributed by atoms with Crippen LogP contribution in [-0.2, 0) is 0 Å². The highest BCUT2D eigenvalue weighted by molar-refractivity contribution is 5.94. The van der Waals surface area contributed by atoms with Gasteiger partial charge >= 0.3 is 0 Å². The number of halogens is 1. The summed E-state index contributed by atoms with van der Waals surface area (Å²) in [4.78, 5) is 14.0. The van der Waals surface area contributed by atoms with Crippen molar-refractivity contribution < 1.29 is 9.18 Å². The van der Waals surface area contributed by atoms with Crippen molar-refractivity contribution in [2.75, 3.05) is 13.1 Å². The molecule has 0 heterocycles. The molecule has 0 aromatic heterocycles. The van der Waals surface area contributed by atoms with Gasteiger partial charge in [0.2, 0.25) is 0 Å². The molecule has 0 radical (unpaired) electrons. The van der Waals surface area contributed by atoms with Gasteiger partial charge in [-0.2, -0.15) is 5.26 Å². The van der Waals surface area contributed by atoms with Crippen LogP contribution in [0.1, 0.15) is 42.6 Å². The van der Waals surface area contributed by atoms with Gasteiger partial charge in [0.05, 0.1) is 18.1 Å². The third-order valence-electron chi connectivity index (χ3n) is 3.11. The van der Waals surface area contributed by atoms with Gasteiger partial charge in [0.15, 0.2) is 0 Å². The third kappa shape index (κ3) is 4.65. The number of nitrogens with zero attached hydrogens (tertiary/aromatic N) is 2. The minimum atomic E-state index is -0.507. The molecule has 3 nitrogen and oxygen atoms in total. The lowest BCUT2D eigenvalue weighted by molar-refractivity contribution is 0.0747. The van der Waals surface area contributed by atoms with Crippen molar-refractivity contribution in [3.63, 3.8) is 0 Å². The predicted molar refractivity (Wildman–Crippen MR) is 76.7 cm³/mol. The standard InChI is InChI=1S/C16H21FN2O/c1-12(2)7-10-19(9-4-8-18)16(20)14-11-13(3)5-6-15(14)17/h5-6,11-12H,4,7,9-10H2,1-3H3. The molecular formula is C16H21FN2O. The summed E-state index contributed by atoms with van der Waals surface area (Å²) >= 11 is 0. The maximum absolute atomic E-state index is 13.8. The molecule has 0 saturated carbocycles. The summed E-state index contributed by atoms with van der Waals surface area (Å²) in [6.45, 7) is 6.85. The topological polar surface area (TPSA) is 44.1 Å². The van der Waals surface area contributed by atoms with Crippen LogP contribution in [0.15, 0.2) is 18.2 Å². The Labute approximate surface area is 120 Å². The first-order chi connectivity index (χ1) is 9.45. The summed E-state index contributed by atoms with van der Waals surface area (Å²) in [6, 6.07) is 6.54. The fourth-order valence-corrected chi connectivity index (χ4v) is 1.89. The monoisotopic (exact) mass is 276 g/mol.